The molecule has 8 nitrogen and oxygen atoms in total. The van der Waals surface area contributed by atoms with Gasteiger partial charge in [-0.25, -0.2) is 5.84 Å². The van der Waals surface area contributed by atoms with Crippen molar-refractivity contribution in [2.75, 3.05) is 0 Å². The molecule has 8 heteroatoms. The highest BCUT2D eigenvalue weighted by Crippen LogP contribution is 2.07. The van der Waals surface area contributed by atoms with Crippen molar-refractivity contribution >= 4 is 11.8 Å². The fraction of sp³-hybridized carbons (Fsp3) is 0. The van der Waals surface area contributed by atoms with Crippen molar-refractivity contribution in [3.8, 4) is 5.75 Å². The smallest absolute Gasteiger partial charge is 0.281 e. The minimum Gasteiger partial charge on any atom is -0.503 e. The average Bonchev–Trinajstić information content (AvgIpc) is 2.20. The highest BCUT2D eigenvalue weighted by Gasteiger charge is 2.15. The predicted octanol–water partition coefficient (Wildman–Crippen LogP) is -2.22. The molecular formula is C7H8N4O4. The summed E-state index contributed by atoms with van der Waals surface area (Å²) in [4.78, 5) is 35.1. The molecule has 0 saturated carbocycles. The number of carbonyl (C=O) groups excluding carboxylic acids is 2. The van der Waals surface area contributed by atoms with E-state index >= 15 is 0 Å². The van der Waals surface area contributed by atoms with Gasteiger partial charge in [-0.1, -0.05) is 0 Å². The number of pyridine rings is 1. The molecule has 0 aliphatic carbocycles. The van der Waals surface area contributed by atoms with Gasteiger partial charge >= 0.3 is 0 Å². The zero-order valence-electron chi connectivity index (χ0n) is 7.40. The summed E-state index contributed by atoms with van der Waals surface area (Å²) in [7, 11) is 0. The molecule has 1 aromatic heterocycles. The fourth-order valence-electron chi connectivity index (χ4n) is 0.931. The van der Waals surface area contributed by atoms with Gasteiger partial charge in [-0.2, -0.15) is 0 Å². The van der Waals surface area contributed by atoms with Crippen LogP contribution in [0.2, 0.25) is 0 Å². The van der Waals surface area contributed by atoms with E-state index in [2.05, 4.69) is 4.98 Å². The Labute approximate surface area is 82.9 Å². The van der Waals surface area contributed by atoms with Crippen LogP contribution in [0.4, 0.5) is 0 Å². The molecule has 0 aliphatic rings. The zero-order chi connectivity index (χ0) is 11.6. The molecule has 80 valence electrons. The first-order valence-electron chi connectivity index (χ1n) is 3.74. The first kappa shape index (κ1) is 10.7. The quantitative estimate of drug-likeness (QED) is 0.214. The Morgan fingerprint density at radius 2 is 2.07 bits per heavy atom. The summed E-state index contributed by atoms with van der Waals surface area (Å²) in [6.07, 6.45) is 0. The van der Waals surface area contributed by atoms with Crippen LogP contribution in [0.3, 0.4) is 0 Å². The second kappa shape index (κ2) is 3.80. The van der Waals surface area contributed by atoms with E-state index in [0.29, 0.717) is 0 Å². The van der Waals surface area contributed by atoms with E-state index in [1.807, 2.05) is 0 Å². The predicted molar refractivity (Wildman–Crippen MR) is 48.9 cm³/mol. The third-order valence-corrected chi connectivity index (χ3v) is 1.63. The molecule has 0 fully saturated rings. The maximum atomic E-state index is 11.1. The molecule has 1 heterocycles. The number of hydrazine groups is 1. The van der Waals surface area contributed by atoms with Crippen LogP contribution in [0.15, 0.2) is 10.9 Å². The molecule has 15 heavy (non-hydrogen) atoms. The van der Waals surface area contributed by atoms with E-state index in [0.717, 1.165) is 6.07 Å². The topological polar surface area (TPSA) is 151 Å². The lowest BCUT2D eigenvalue weighted by Crippen LogP contribution is -2.32. The number of aromatic amines is 1. The number of hydrogen-bond donors (Lipinski definition) is 5. The molecule has 1 aromatic rings. The minimum atomic E-state index is -1.06. The van der Waals surface area contributed by atoms with Gasteiger partial charge in [-0.3, -0.25) is 19.8 Å². The lowest BCUT2D eigenvalue weighted by atomic mass is 10.2. The third kappa shape index (κ3) is 1.94. The van der Waals surface area contributed by atoms with Crippen molar-refractivity contribution in [2.45, 2.75) is 0 Å². The Morgan fingerprint density at radius 3 is 2.53 bits per heavy atom. The Bertz CT molecular complexity index is 478. The second-order valence-electron chi connectivity index (χ2n) is 2.61. The number of nitrogens with two attached hydrogens (primary N) is 2. The summed E-state index contributed by atoms with van der Waals surface area (Å²) in [5.41, 5.74) is 4.90. The number of nitrogens with one attached hydrogen (secondary N) is 2. The molecule has 0 saturated heterocycles. The summed E-state index contributed by atoms with van der Waals surface area (Å²) in [5, 5.41) is 9.14. The molecule has 0 radical (unpaired) electrons. The molecule has 2 amide bonds. The van der Waals surface area contributed by atoms with Crippen molar-refractivity contribution in [3.05, 3.63) is 27.7 Å². The first-order chi connectivity index (χ1) is 6.97. The molecule has 0 aromatic carbocycles. The van der Waals surface area contributed by atoms with Crippen molar-refractivity contribution < 1.29 is 14.7 Å². The lowest BCUT2D eigenvalue weighted by molar-refractivity contribution is 0.0948. The summed E-state index contributed by atoms with van der Waals surface area (Å²) < 4.78 is 0. The van der Waals surface area contributed by atoms with Crippen molar-refractivity contribution in [1.29, 1.82) is 0 Å². The molecule has 1 rings (SSSR count). The number of carbonyl (C=O) groups is 2. The number of hydrogen-bond acceptors (Lipinski definition) is 5. The Hall–Kier alpha value is -2.35. The van der Waals surface area contributed by atoms with E-state index < -0.39 is 28.7 Å². The monoisotopic (exact) mass is 212 g/mol. The van der Waals surface area contributed by atoms with E-state index in [9.17, 15) is 14.4 Å². The SMILES string of the molecule is NNC(=O)c1cc(=O)c(O)c(C(N)=O)[nH]1. The highest BCUT2D eigenvalue weighted by molar-refractivity contribution is 5.97. The van der Waals surface area contributed by atoms with Gasteiger partial charge in [0.2, 0.25) is 5.43 Å². The molecule has 0 spiro atoms. The number of aromatic hydroxyl groups is 1. The van der Waals surface area contributed by atoms with Crippen LogP contribution >= 0.6 is 0 Å². The molecule has 0 bridgehead atoms. The van der Waals surface area contributed by atoms with Crippen LogP contribution in [-0.2, 0) is 0 Å². The maximum Gasteiger partial charge on any atom is 0.281 e. The van der Waals surface area contributed by atoms with E-state index in [4.69, 9.17) is 16.7 Å². The minimum absolute atomic E-state index is 0.269. The average molecular weight is 212 g/mol. The largest absolute Gasteiger partial charge is 0.503 e. The highest BCUT2D eigenvalue weighted by atomic mass is 16.3. The number of nitrogen functional groups attached to an aromatic ring is 1. The molecule has 7 N–H and O–H groups in total. The maximum absolute atomic E-state index is 11.1. The van der Waals surface area contributed by atoms with Gasteiger partial charge in [0, 0.05) is 6.07 Å². The van der Waals surface area contributed by atoms with Crippen molar-refractivity contribution in [2.24, 2.45) is 11.6 Å². The zero-order valence-corrected chi connectivity index (χ0v) is 7.40. The number of primary amides is 1. The van der Waals surface area contributed by atoms with Crippen molar-refractivity contribution in [1.82, 2.24) is 10.4 Å². The summed E-state index contributed by atoms with van der Waals surface area (Å²) in [6, 6.07) is 0.796. The van der Waals surface area contributed by atoms with Crippen LogP contribution in [0.1, 0.15) is 21.0 Å². The molecular weight excluding hydrogens is 204 g/mol. The fourth-order valence-corrected chi connectivity index (χ4v) is 0.931. The standard InChI is InChI=1S/C7H8N4O4/c8-6(14)4-5(13)3(12)1-2(10-4)7(15)11-9/h1,13H,9H2,(H2,8,14)(H,10,12)(H,11,15). The molecule has 0 atom stereocenters. The number of H-pyrrole nitrogens is 1. The van der Waals surface area contributed by atoms with Gasteiger partial charge in [-0.05, 0) is 0 Å². The van der Waals surface area contributed by atoms with E-state index in [1.54, 1.807) is 5.43 Å². The first-order valence-corrected chi connectivity index (χ1v) is 3.74. The van der Waals surface area contributed by atoms with Crippen LogP contribution in [0, 0.1) is 0 Å². The van der Waals surface area contributed by atoms with E-state index in [-0.39, 0.29) is 5.69 Å². The van der Waals surface area contributed by atoms with Crippen molar-refractivity contribution in [3.63, 3.8) is 0 Å². The van der Waals surface area contributed by atoms with Crippen LogP contribution in [-0.4, -0.2) is 21.9 Å². The summed E-state index contributed by atoms with van der Waals surface area (Å²) in [6.45, 7) is 0. The van der Waals surface area contributed by atoms with Gasteiger partial charge in [0.15, 0.2) is 11.4 Å². The summed E-state index contributed by atoms with van der Waals surface area (Å²) in [5.74, 6) is 2.11. The van der Waals surface area contributed by atoms with Crippen LogP contribution < -0.4 is 22.4 Å². The number of aromatic nitrogens is 1. The lowest BCUT2D eigenvalue weighted by Gasteiger charge is -2.03. The normalized spacial score (nSPS) is 9.67. The van der Waals surface area contributed by atoms with Crippen LogP contribution in [0.5, 0.6) is 5.75 Å². The second-order valence-corrected chi connectivity index (χ2v) is 2.61. The Balaban J connectivity index is 3.43. The van der Waals surface area contributed by atoms with E-state index in [1.165, 1.54) is 0 Å². The Morgan fingerprint density at radius 1 is 1.47 bits per heavy atom. The van der Waals surface area contributed by atoms with Gasteiger partial charge < -0.3 is 15.8 Å². The van der Waals surface area contributed by atoms with Gasteiger partial charge in [0.05, 0.1) is 0 Å². The summed E-state index contributed by atoms with van der Waals surface area (Å²) >= 11 is 0. The Kier molecular flexibility index (Phi) is 2.72. The third-order valence-electron chi connectivity index (χ3n) is 1.63. The van der Waals surface area contributed by atoms with Gasteiger partial charge in [0.1, 0.15) is 5.69 Å². The van der Waals surface area contributed by atoms with Gasteiger partial charge in [-0.15, -0.1) is 0 Å². The number of rotatable bonds is 2. The van der Waals surface area contributed by atoms with Gasteiger partial charge in [0.25, 0.3) is 11.8 Å². The molecule has 0 aliphatic heterocycles. The molecule has 0 unspecified atom stereocenters. The van der Waals surface area contributed by atoms with Crippen LogP contribution in [0.25, 0.3) is 0 Å². The number of amides is 2.